The maximum Gasteiger partial charge on any atom is 0.0966 e. The summed E-state index contributed by atoms with van der Waals surface area (Å²) in [6, 6.07) is 20.5. The first-order chi connectivity index (χ1) is 15.3. The van der Waals surface area contributed by atoms with Crippen molar-refractivity contribution < 1.29 is 14.6 Å². The summed E-state index contributed by atoms with van der Waals surface area (Å²) in [6.07, 6.45) is 10.3. The summed E-state index contributed by atoms with van der Waals surface area (Å²) in [6.45, 7) is 8.49. The van der Waals surface area contributed by atoms with E-state index in [4.69, 9.17) is 9.47 Å². The van der Waals surface area contributed by atoms with Gasteiger partial charge in [-0.1, -0.05) is 106 Å². The van der Waals surface area contributed by atoms with Crippen molar-refractivity contribution in [1.82, 2.24) is 0 Å². The van der Waals surface area contributed by atoms with Crippen molar-refractivity contribution in [3.63, 3.8) is 0 Å². The van der Waals surface area contributed by atoms with Crippen molar-refractivity contribution in [2.75, 3.05) is 13.2 Å². The maximum absolute atomic E-state index is 12.2. The molecule has 170 valence electrons. The summed E-state index contributed by atoms with van der Waals surface area (Å²) in [4.78, 5) is 0. The Bertz CT molecular complexity index is 943. The second-order valence-electron chi connectivity index (χ2n) is 10.4. The minimum absolute atomic E-state index is 0.310. The Morgan fingerprint density at radius 1 is 0.750 bits per heavy atom. The van der Waals surface area contributed by atoms with E-state index >= 15 is 0 Å². The van der Waals surface area contributed by atoms with E-state index in [-0.39, 0.29) is 10.8 Å². The van der Waals surface area contributed by atoms with Gasteiger partial charge in [-0.15, -0.1) is 0 Å². The van der Waals surface area contributed by atoms with Crippen LogP contribution in [0, 0.1) is 16.2 Å². The Morgan fingerprint density at radius 3 is 1.84 bits per heavy atom. The highest BCUT2D eigenvalue weighted by atomic mass is 16.5. The molecule has 3 atom stereocenters. The molecule has 2 aromatic rings. The molecule has 0 aromatic heterocycles. The fraction of sp³-hybridized carbons (Fsp3) is 0.448. The van der Waals surface area contributed by atoms with Crippen molar-refractivity contribution in [2.24, 2.45) is 16.2 Å². The van der Waals surface area contributed by atoms with Gasteiger partial charge in [0.1, 0.15) is 0 Å². The Balaban J connectivity index is 1.60. The highest BCUT2D eigenvalue weighted by molar-refractivity contribution is 5.36. The third-order valence-electron chi connectivity index (χ3n) is 7.52. The van der Waals surface area contributed by atoms with Crippen molar-refractivity contribution >= 4 is 0 Å². The van der Waals surface area contributed by atoms with Crippen LogP contribution in [0.5, 0.6) is 0 Å². The third kappa shape index (κ3) is 3.98. The molecule has 0 fully saturated rings. The molecular formula is C29H36O3. The summed E-state index contributed by atoms with van der Waals surface area (Å²) >= 11 is 0. The first kappa shape index (κ1) is 23.0. The van der Waals surface area contributed by atoms with Crippen molar-refractivity contribution in [2.45, 2.75) is 52.4 Å². The molecule has 4 rings (SSSR count). The molecule has 3 heteroatoms. The summed E-state index contributed by atoms with van der Waals surface area (Å²) in [7, 11) is 0. The minimum atomic E-state index is -1.00. The standard InChI is InChI=1S/C29H36O3/c1-26(2,3)29(30)19-18-27(22-31-20-24-12-6-4-7-13-24)16-10-11-17-28(27,29)23-32-21-25-14-8-5-9-15-25/h4-15,18-19,30H,16-17,20-23H2,1-3H3/t27-,28+,29?/m0/s1. The highest BCUT2D eigenvalue weighted by Gasteiger charge is 2.67. The number of fused-ring (bicyclic) bond motifs is 1. The zero-order chi connectivity index (χ0) is 22.7. The normalized spacial score (nSPS) is 29.2. The molecule has 2 aromatic carbocycles. The number of ether oxygens (including phenoxy) is 2. The lowest BCUT2D eigenvalue weighted by Crippen LogP contribution is -2.62. The lowest BCUT2D eigenvalue weighted by Gasteiger charge is -2.57. The SMILES string of the molecule is CC(C)(C)C1(O)C=C[C@]2(COCc3ccccc3)CC=CC[C@]12COCc1ccccc1. The molecule has 0 heterocycles. The Kier molecular flexibility index (Phi) is 6.44. The molecule has 0 radical (unpaired) electrons. The van der Waals surface area contributed by atoms with Crippen LogP contribution in [-0.4, -0.2) is 23.9 Å². The quantitative estimate of drug-likeness (QED) is 0.513. The fourth-order valence-electron chi connectivity index (χ4n) is 5.55. The van der Waals surface area contributed by atoms with E-state index < -0.39 is 11.0 Å². The van der Waals surface area contributed by atoms with Crippen LogP contribution in [-0.2, 0) is 22.7 Å². The highest BCUT2D eigenvalue weighted by Crippen LogP contribution is 2.65. The molecule has 2 aliphatic rings. The van der Waals surface area contributed by atoms with Crippen molar-refractivity contribution in [3.8, 4) is 0 Å². The Hall–Kier alpha value is -2.20. The molecule has 0 spiro atoms. The van der Waals surface area contributed by atoms with Crippen LogP contribution in [0.15, 0.2) is 85.0 Å². The Morgan fingerprint density at radius 2 is 1.28 bits per heavy atom. The van der Waals surface area contributed by atoms with Crippen LogP contribution < -0.4 is 0 Å². The lowest BCUT2D eigenvalue weighted by molar-refractivity contribution is -0.195. The van der Waals surface area contributed by atoms with Gasteiger partial charge in [-0.2, -0.15) is 0 Å². The van der Waals surface area contributed by atoms with E-state index in [2.05, 4.69) is 63.3 Å². The summed E-state index contributed by atoms with van der Waals surface area (Å²) in [5, 5.41) is 12.2. The molecule has 1 unspecified atom stereocenters. The van der Waals surface area contributed by atoms with Crippen LogP contribution in [0.4, 0.5) is 0 Å². The van der Waals surface area contributed by atoms with Crippen LogP contribution >= 0.6 is 0 Å². The number of benzene rings is 2. The van der Waals surface area contributed by atoms with E-state index in [9.17, 15) is 5.11 Å². The molecule has 0 saturated heterocycles. The van der Waals surface area contributed by atoms with Gasteiger partial charge in [0, 0.05) is 10.8 Å². The smallest absolute Gasteiger partial charge is 0.0966 e. The predicted molar refractivity (Wildman–Crippen MR) is 129 cm³/mol. The summed E-state index contributed by atoms with van der Waals surface area (Å²) in [5.74, 6) is 0. The molecule has 3 nitrogen and oxygen atoms in total. The van der Waals surface area contributed by atoms with Crippen LogP contribution in [0.25, 0.3) is 0 Å². The topological polar surface area (TPSA) is 38.7 Å². The number of allylic oxidation sites excluding steroid dienone is 2. The van der Waals surface area contributed by atoms with Gasteiger partial charge in [0.05, 0.1) is 32.0 Å². The van der Waals surface area contributed by atoms with Gasteiger partial charge in [-0.3, -0.25) is 0 Å². The van der Waals surface area contributed by atoms with E-state index in [0.29, 0.717) is 26.4 Å². The zero-order valence-electron chi connectivity index (χ0n) is 19.6. The minimum Gasteiger partial charge on any atom is -0.385 e. The zero-order valence-corrected chi connectivity index (χ0v) is 19.6. The van der Waals surface area contributed by atoms with Gasteiger partial charge in [0.2, 0.25) is 0 Å². The van der Waals surface area contributed by atoms with Gasteiger partial charge >= 0.3 is 0 Å². The molecule has 0 bridgehead atoms. The van der Waals surface area contributed by atoms with E-state index in [1.54, 1.807) is 0 Å². The molecular weight excluding hydrogens is 396 g/mol. The van der Waals surface area contributed by atoms with Gasteiger partial charge in [0.25, 0.3) is 0 Å². The summed E-state index contributed by atoms with van der Waals surface area (Å²) < 4.78 is 12.7. The number of hydrogen-bond donors (Lipinski definition) is 1. The number of hydrogen-bond acceptors (Lipinski definition) is 3. The van der Waals surface area contributed by atoms with E-state index in [0.717, 1.165) is 24.0 Å². The monoisotopic (exact) mass is 432 g/mol. The van der Waals surface area contributed by atoms with Gasteiger partial charge in [0.15, 0.2) is 0 Å². The summed E-state index contributed by atoms with van der Waals surface area (Å²) in [5.41, 5.74) is 0.165. The van der Waals surface area contributed by atoms with Gasteiger partial charge in [-0.25, -0.2) is 0 Å². The number of rotatable bonds is 8. The van der Waals surface area contributed by atoms with E-state index in [1.165, 1.54) is 0 Å². The second-order valence-corrected chi connectivity index (χ2v) is 10.4. The van der Waals surface area contributed by atoms with Crippen LogP contribution in [0.3, 0.4) is 0 Å². The Labute approximate surface area is 192 Å². The lowest BCUT2D eigenvalue weighted by atomic mass is 9.50. The molecule has 1 N–H and O–H groups in total. The molecule has 0 saturated carbocycles. The van der Waals surface area contributed by atoms with Crippen molar-refractivity contribution in [1.29, 1.82) is 0 Å². The molecule has 32 heavy (non-hydrogen) atoms. The van der Waals surface area contributed by atoms with Gasteiger partial charge in [-0.05, 0) is 29.4 Å². The molecule has 0 aliphatic heterocycles. The average molecular weight is 433 g/mol. The molecule has 0 amide bonds. The van der Waals surface area contributed by atoms with Gasteiger partial charge < -0.3 is 14.6 Å². The van der Waals surface area contributed by atoms with Crippen LogP contribution in [0.1, 0.15) is 44.7 Å². The average Bonchev–Trinajstić information content (AvgIpc) is 3.06. The molecule has 2 aliphatic carbocycles. The maximum atomic E-state index is 12.2. The number of aliphatic hydroxyl groups is 1. The largest absolute Gasteiger partial charge is 0.385 e. The predicted octanol–water partition coefficient (Wildman–Crippen LogP) is 6.09. The third-order valence-corrected chi connectivity index (χ3v) is 7.52. The first-order valence-corrected chi connectivity index (χ1v) is 11.6. The van der Waals surface area contributed by atoms with E-state index in [1.807, 2.05) is 42.5 Å². The fourth-order valence-corrected chi connectivity index (χ4v) is 5.55. The van der Waals surface area contributed by atoms with Crippen LogP contribution in [0.2, 0.25) is 0 Å². The first-order valence-electron chi connectivity index (χ1n) is 11.6. The second kappa shape index (κ2) is 8.97. The van der Waals surface area contributed by atoms with Crippen molar-refractivity contribution in [3.05, 3.63) is 96.1 Å².